The molecule has 0 heterocycles. The van der Waals surface area contributed by atoms with E-state index in [-0.39, 0.29) is 5.57 Å². The maximum absolute atomic E-state index is 12.3. The van der Waals surface area contributed by atoms with Crippen LogP contribution in [-0.2, 0) is 4.79 Å². The number of halogens is 1. The van der Waals surface area contributed by atoms with E-state index >= 15 is 0 Å². The number of benzene rings is 2. The van der Waals surface area contributed by atoms with Crippen molar-refractivity contribution in [3.8, 4) is 17.6 Å². The Kier molecular flexibility index (Phi) is 7.07. The maximum atomic E-state index is 12.3. The highest BCUT2D eigenvalue weighted by molar-refractivity contribution is 6.31. The van der Waals surface area contributed by atoms with Crippen LogP contribution in [0.4, 0.5) is 5.69 Å². The number of hydrogen-bond acceptors (Lipinski definition) is 4. The highest BCUT2D eigenvalue weighted by atomic mass is 35.5. The summed E-state index contributed by atoms with van der Waals surface area (Å²) in [7, 11) is 0. The van der Waals surface area contributed by atoms with E-state index in [2.05, 4.69) is 5.32 Å². The summed E-state index contributed by atoms with van der Waals surface area (Å²) in [5, 5.41) is 12.5. The molecule has 0 aliphatic rings. The van der Waals surface area contributed by atoms with Crippen LogP contribution in [0.3, 0.4) is 0 Å². The Balaban J connectivity index is 2.25. The topological polar surface area (TPSA) is 71.3 Å². The second-order valence-electron chi connectivity index (χ2n) is 5.21. The molecule has 0 atom stereocenters. The van der Waals surface area contributed by atoms with Crippen molar-refractivity contribution in [1.29, 1.82) is 5.26 Å². The molecule has 0 unspecified atom stereocenters. The fourth-order valence-electron chi connectivity index (χ4n) is 2.24. The van der Waals surface area contributed by atoms with Crippen molar-refractivity contribution < 1.29 is 14.3 Å². The van der Waals surface area contributed by atoms with Gasteiger partial charge in [-0.05, 0) is 55.8 Å². The van der Waals surface area contributed by atoms with Crippen LogP contribution in [0, 0.1) is 11.3 Å². The second-order valence-corrected chi connectivity index (χ2v) is 5.64. The number of amides is 1. The largest absolute Gasteiger partial charge is 0.490 e. The number of nitrogens with zero attached hydrogens (tertiary/aromatic N) is 1. The van der Waals surface area contributed by atoms with Crippen LogP contribution in [-0.4, -0.2) is 19.1 Å². The summed E-state index contributed by atoms with van der Waals surface area (Å²) in [6, 6.07) is 13.9. The van der Waals surface area contributed by atoms with Crippen LogP contribution in [0.15, 0.2) is 48.0 Å². The molecular weight excluding hydrogens is 352 g/mol. The standard InChI is InChI=1S/C20H19ClN2O3/c1-3-25-18-9-8-14(11-19(18)26-4-2)10-15(13-22)20(24)23-17-7-5-6-16(21)12-17/h5-12H,3-4H2,1-2H3,(H,23,24). The van der Waals surface area contributed by atoms with Gasteiger partial charge in [-0.2, -0.15) is 5.26 Å². The lowest BCUT2D eigenvalue weighted by atomic mass is 10.1. The predicted molar refractivity (Wildman–Crippen MR) is 102 cm³/mol. The lowest BCUT2D eigenvalue weighted by Gasteiger charge is -2.11. The molecule has 0 spiro atoms. The highest BCUT2D eigenvalue weighted by Gasteiger charge is 2.11. The Morgan fingerprint density at radius 2 is 1.88 bits per heavy atom. The minimum Gasteiger partial charge on any atom is -0.490 e. The Bertz CT molecular complexity index is 856. The molecular formula is C20H19ClN2O3. The van der Waals surface area contributed by atoms with E-state index in [1.807, 2.05) is 19.9 Å². The zero-order chi connectivity index (χ0) is 18.9. The van der Waals surface area contributed by atoms with Crippen LogP contribution < -0.4 is 14.8 Å². The molecule has 0 saturated carbocycles. The molecule has 2 aromatic carbocycles. The van der Waals surface area contributed by atoms with Gasteiger partial charge in [0.25, 0.3) is 5.91 Å². The number of nitriles is 1. The number of anilines is 1. The predicted octanol–water partition coefficient (Wildman–Crippen LogP) is 4.68. The summed E-state index contributed by atoms with van der Waals surface area (Å²) >= 11 is 5.90. The molecule has 0 aromatic heterocycles. The molecule has 0 saturated heterocycles. The van der Waals surface area contributed by atoms with Crippen molar-refractivity contribution in [1.82, 2.24) is 0 Å². The van der Waals surface area contributed by atoms with Gasteiger partial charge in [-0.3, -0.25) is 4.79 Å². The number of carbonyl (C=O) groups excluding carboxylic acids is 1. The number of nitrogens with one attached hydrogen (secondary N) is 1. The maximum Gasteiger partial charge on any atom is 0.266 e. The van der Waals surface area contributed by atoms with Crippen molar-refractivity contribution in [3.05, 3.63) is 58.6 Å². The lowest BCUT2D eigenvalue weighted by molar-refractivity contribution is -0.112. The average molecular weight is 371 g/mol. The van der Waals surface area contributed by atoms with Gasteiger partial charge in [0, 0.05) is 10.7 Å². The van der Waals surface area contributed by atoms with Crippen molar-refractivity contribution in [2.75, 3.05) is 18.5 Å². The first-order chi connectivity index (χ1) is 12.6. The van der Waals surface area contributed by atoms with Gasteiger partial charge in [0.1, 0.15) is 11.6 Å². The molecule has 0 aliphatic heterocycles. The summed E-state index contributed by atoms with van der Waals surface area (Å²) < 4.78 is 11.1. The van der Waals surface area contributed by atoms with Gasteiger partial charge in [-0.15, -0.1) is 0 Å². The average Bonchev–Trinajstić information content (AvgIpc) is 2.62. The summed E-state index contributed by atoms with van der Waals surface area (Å²) in [6.07, 6.45) is 1.50. The summed E-state index contributed by atoms with van der Waals surface area (Å²) in [5.74, 6) is 0.672. The molecule has 0 fully saturated rings. The van der Waals surface area contributed by atoms with E-state index in [0.29, 0.717) is 41.0 Å². The SMILES string of the molecule is CCOc1ccc(C=C(C#N)C(=O)Nc2cccc(Cl)c2)cc1OCC. The number of hydrogen-bond donors (Lipinski definition) is 1. The molecule has 26 heavy (non-hydrogen) atoms. The van der Waals surface area contributed by atoms with E-state index in [9.17, 15) is 10.1 Å². The molecule has 0 aliphatic carbocycles. The van der Waals surface area contributed by atoms with Crippen LogP contribution in [0.2, 0.25) is 5.02 Å². The molecule has 1 amide bonds. The van der Waals surface area contributed by atoms with Crippen LogP contribution in [0.1, 0.15) is 19.4 Å². The van der Waals surface area contributed by atoms with Gasteiger partial charge < -0.3 is 14.8 Å². The van der Waals surface area contributed by atoms with Gasteiger partial charge in [0.2, 0.25) is 0 Å². The quantitative estimate of drug-likeness (QED) is 0.567. The number of rotatable bonds is 7. The smallest absolute Gasteiger partial charge is 0.266 e. The van der Waals surface area contributed by atoms with E-state index in [1.54, 1.807) is 42.5 Å². The first-order valence-electron chi connectivity index (χ1n) is 8.15. The zero-order valence-electron chi connectivity index (χ0n) is 14.6. The fraction of sp³-hybridized carbons (Fsp3) is 0.200. The molecule has 2 rings (SSSR count). The van der Waals surface area contributed by atoms with Crippen molar-refractivity contribution in [2.24, 2.45) is 0 Å². The Morgan fingerprint density at radius 3 is 2.54 bits per heavy atom. The van der Waals surface area contributed by atoms with Crippen LogP contribution in [0.5, 0.6) is 11.5 Å². The van der Waals surface area contributed by atoms with Gasteiger partial charge >= 0.3 is 0 Å². The molecule has 2 aromatic rings. The summed E-state index contributed by atoms with van der Waals surface area (Å²) in [5.41, 5.74) is 1.15. The van der Waals surface area contributed by atoms with E-state index in [1.165, 1.54) is 6.08 Å². The van der Waals surface area contributed by atoms with Crippen molar-refractivity contribution in [3.63, 3.8) is 0 Å². The van der Waals surface area contributed by atoms with E-state index < -0.39 is 5.91 Å². The second kappa shape index (κ2) is 9.50. The van der Waals surface area contributed by atoms with Crippen molar-refractivity contribution >= 4 is 29.3 Å². The Morgan fingerprint density at radius 1 is 1.15 bits per heavy atom. The van der Waals surface area contributed by atoms with Gasteiger partial charge in [0.15, 0.2) is 11.5 Å². The summed E-state index contributed by atoms with van der Waals surface area (Å²) in [6.45, 7) is 4.75. The van der Waals surface area contributed by atoms with E-state index in [0.717, 1.165) is 0 Å². The number of carbonyl (C=O) groups is 1. The molecule has 5 nitrogen and oxygen atoms in total. The fourth-order valence-corrected chi connectivity index (χ4v) is 2.43. The van der Waals surface area contributed by atoms with E-state index in [4.69, 9.17) is 21.1 Å². The number of ether oxygens (including phenoxy) is 2. The van der Waals surface area contributed by atoms with Crippen molar-refractivity contribution in [2.45, 2.75) is 13.8 Å². The molecule has 0 radical (unpaired) electrons. The third kappa shape index (κ3) is 5.27. The lowest BCUT2D eigenvalue weighted by Crippen LogP contribution is -2.13. The third-order valence-electron chi connectivity index (χ3n) is 3.33. The van der Waals surface area contributed by atoms with Gasteiger partial charge in [-0.1, -0.05) is 23.7 Å². The Labute approximate surface area is 157 Å². The molecule has 0 bridgehead atoms. The third-order valence-corrected chi connectivity index (χ3v) is 3.56. The highest BCUT2D eigenvalue weighted by Crippen LogP contribution is 2.29. The zero-order valence-corrected chi connectivity index (χ0v) is 15.3. The Hall–Kier alpha value is -2.97. The first-order valence-corrected chi connectivity index (χ1v) is 8.53. The normalized spacial score (nSPS) is 10.8. The molecule has 6 heteroatoms. The van der Waals surface area contributed by atoms with Crippen LogP contribution >= 0.6 is 11.6 Å². The molecule has 134 valence electrons. The first kappa shape index (κ1) is 19.4. The van der Waals surface area contributed by atoms with Gasteiger partial charge in [-0.25, -0.2) is 0 Å². The minimum absolute atomic E-state index is 0.0309. The van der Waals surface area contributed by atoms with Crippen LogP contribution in [0.25, 0.3) is 6.08 Å². The van der Waals surface area contributed by atoms with Gasteiger partial charge in [0.05, 0.1) is 13.2 Å². The monoisotopic (exact) mass is 370 g/mol. The molecule has 1 N–H and O–H groups in total. The summed E-state index contributed by atoms with van der Waals surface area (Å²) in [4.78, 5) is 12.3. The minimum atomic E-state index is -0.512.